The Morgan fingerprint density at radius 2 is 1.48 bits per heavy atom. The highest BCUT2D eigenvalue weighted by molar-refractivity contribution is 5.77. The molecule has 2 aliphatic heterocycles. The lowest BCUT2D eigenvalue weighted by Crippen LogP contribution is -2.36. The van der Waals surface area contributed by atoms with E-state index in [1.54, 1.807) is 0 Å². The van der Waals surface area contributed by atoms with E-state index in [4.69, 9.17) is 18.9 Å². The van der Waals surface area contributed by atoms with Crippen molar-refractivity contribution >= 4 is 17.9 Å². The topological polar surface area (TPSA) is 88.1 Å². The highest BCUT2D eigenvalue weighted by atomic mass is 16.6. The van der Waals surface area contributed by atoms with Crippen molar-refractivity contribution in [2.45, 2.75) is 62.9 Å². The monoisotopic (exact) mass is 376 g/mol. The van der Waals surface area contributed by atoms with Crippen LogP contribution in [0, 0.1) is 35.5 Å². The standard InChI is InChI=1S/C20H24O7/c21-14(25-16-9-5-11-13(7-9)20(23)27-18(11)16)2-1-3-24-15-8-4-10-12(6-8)19(22)26-17(10)15/h8-13,15-18H,1-7H2. The van der Waals surface area contributed by atoms with Crippen molar-refractivity contribution in [1.82, 2.24) is 0 Å². The molecule has 2 heterocycles. The molecule has 6 aliphatic rings. The molecule has 10 unspecified atom stereocenters. The summed E-state index contributed by atoms with van der Waals surface area (Å²) < 4.78 is 22.6. The molecule has 0 radical (unpaired) electrons. The molecule has 4 bridgehead atoms. The van der Waals surface area contributed by atoms with Gasteiger partial charge in [0.15, 0.2) is 0 Å². The summed E-state index contributed by atoms with van der Waals surface area (Å²) in [6.45, 7) is 0.471. The van der Waals surface area contributed by atoms with Crippen LogP contribution >= 0.6 is 0 Å². The van der Waals surface area contributed by atoms with Crippen molar-refractivity contribution in [1.29, 1.82) is 0 Å². The van der Waals surface area contributed by atoms with Crippen LogP contribution in [0.15, 0.2) is 0 Å². The molecule has 7 nitrogen and oxygen atoms in total. The van der Waals surface area contributed by atoms with E-state index < -0.39 is 0 Å². The Labute approximate surface area is 157 Å². The predicted octanol–water partition coefficient (Wildman–Crippen LogP) is 1.23. The quantitative estimate of drug-likeness (QED) is 0.391. The maximum Gasteiger partial charge on any atom is 0.309 e. The molecular weight excluding hydrogens is 352 g/mol. The van der Waals surface area contributed by atoms with Crippen LogP contribution in [-0.2, 0) is 33.3 Å². The van der Waals surface area contributed by atoms with E-state index in [2.05, 4.69) is 0 Å². The number of ether oxygens (including phenoxy) is 4. The average molecular weight is 376 g/mol. The first kappa shape index (κ1) is 16.3. The van der Waals surface area contributed by atoms with Gasteiger partial charge in [0.2, 0.25) is 0 Å². The van der Waals surface area contributed by atoms with Gasteiger partial charge >= 0.3 is 17.9 Å². The molecule has 0 aromatic carbocycles. The Kier molecular flexibility index (Phi) is 3.44. The van der Waals surface area contributed by atoms with E-state index in [1.807, 2.05) is 0 Å². The van der Waals surface area contributed by atoms with Gasteiger partial charge < -0.3 is 18.9 Å². The third-order valence-electron chi connectivity index (χ3n) is 7.93. The maximum atomic E-state index is 12.2. The Morgan fingerprint density at radius 1 is 0.889 bits per heavy atom. The van der Waals surface area contributed by atoms with Crippen LogP contribution < -0.4 is 0 Å². The predicted molar refractivity (Wildman–Crippen MR) is 88.0 cm³/mol. The van der Waals surface area contributed by atoms with Crippen molar-refractivity contribution in [3.05, 3.63) is 0 Å². The summed E-state index contributed by atoms with van der Waals surface area (Å²) in [6, 6.07) is 0. The zero-order chi connectivity index (χ0) is 18.3. The number of rotatable bonds is 6. The zero-order valence-electron chi connectivity index (χ0n) is 15.1. The summed E-state index contributed by atoms with van der Waals surface area (Å²) >= 11 is 0. The minimum Gasteiger partial charge on any atom is -0.459 e. The summed E-state index contributed by atoms with van der Waals surface area (Å²) in [4.78, 5) is 35.8. The van der Waals surface area contributed by atoms with Gasteiger partial charge in [-0.25, -0.2) is 0 Å². The minimum absolute atomic E-state index is 0.00544. The highest BCUT2D eigenvalue weighted by Gasteiger charge is 2.63. The summed E-state index contributed by atoms with van der Waals surface area (Å²) in [5.41, 5.74) is 0. The fourth-order valence-electron chi connectivity index (χ4n) is 6.84. The van der Waals surface area contributed by atoms with Crippen LogP contribution in [0.3, 0.4) is 0 Å². The van der Waals surface area contributed by atoms with E-state index in [0.29, 0.717) is 31.3 Å². The van der Waals surface area contributed by atoms with Crippen LogP contribution in [-0.4, -0.2) is 48.9 Å². The Hall–Kier alpha value is -1.63. The Morgan fingerprint density at radius 3 is 2.15 bits per heavy atom. The van der Waals surface area contributed by atoms with Crippen LogP contribution in [0.2, 0.25) is 0 Å². The molecule has 27 heavy (non-hydrogen) atoms. The SMILES string of the molecule is O=C(CCCOC1C2CC3C(=O)OC1C3C2)OC1C2CC3C(=O)OC1C3C2. The molecule has 10 atom stereocenters. The smallest absolute Gasteiger partial charge is 0.309 e. The summed E-state index contributed by atoms with van der Waals surface area (Å²) in [5, 5.41) is 0. The number of carbonyl (C=O) groups excluding carboxylic acids is 3. The van der Waals surface area contributed by atoms with Crippen LogP contribution in [0.5, 0.6) is 0 Å². The molecule has 0 N–H and O–H groups in total. The Bertz CT molecular complexity index is 704. The number of hydrogen-bond donors (Lipinski definition) is 0. The second-order valence-electron chi connectivity index (χ2n) is 9.20. The number of esters is 3. The van der Waals surface area contributed by atoms with E-state index in [9.17, 15) is 14.4 Å². The average Bonchev–Trinajstić information content (AvgIpc) is 3.41. The third-order valence-corrected chi connectivity index (χ3v) is 7.93. The molecule has 7 heteroatoms. The number of hydrogen-bond acceptors (Lipinski definition) is 7. The van der Waals surface area contributed by atoms with E-state index in [-0.39, 0.29) is 66.0 Å². The first-order chi connectivity index (χ1) is 13.1. The lowest BCUT2D eigenvalue weighted by molar-refractivity contribution is -0.162. The minimum atomic E-state index is -0.258. The fourth-order valence-corrected chi connectivity index (χ4v) is 6.84. The van der Waals surface area contributed by atoms with E-state index in [1.165, 1.54) is 0 Å². The lowest BCUT2D eigenvalue weighted by Gasteiger charge is -2.26. The van der Waals surface area contributed by atoms with Gasteiger partial charge in [-0.3, -0.25) is 14.4 Å². The van der Waals surface area contributed by atoms with Gasteiger partial charge in [-0.2, -0.15) is 0 Å². The molecule has 4 aliphatic carbocycles. The highest BCUT2D eigenvalue weighted by Crippen LogP contribution is 2.56. The summed E-state index contributed by atoms with van der Waals surface area (Å²) in [7, 11) is 0. The second kappa shape index (κ2) is 5.69. The van der Waals surface area contributed by atoms with Crippen LogP contribution in [0.25, 0.3) is 0 Å². The molecule has 146 valence electrons. The number of carbonyl (C=O) groups is 3. The maximum absolute atomic E-state index is 12.2. The molecule has 0 spiro atoms. The van der Waals surface area contributed by atoms with Gasteiger partial charge in [0, 0.05) is 30.8 Å². The normalized spacial score (nSPS) is 50.4. The summed E-state index contributed by atoms with van der Waals surface area (Å²) in [6.07, 6.45) is 3.97. The summed E-state index contributed by atoms with van der Waals surface area (Å²) in [5.74, 6) is 1.01. The molecular formula is C20H24O7. The molecule has 2 saturated heterocycles. The fraction of sp³-hybridized carbons (Fsp3) is 0.850. The zero-order valence-corrected chi connectivity index (χ0v) is 15.1. The molecule has 0 amide bonds. The van der Waals surface area contributed by atoms with Gasteiger partial charge in [-0.05, 0) is 38.0 Å². The van der Waals surface area contributed by atoms with Crippen molar-refractivity contribution in [3.63, 3.8) is 0 Å². The molecule has 4 saturated carbocycles. The van der Waals surface area contributed by atoms with Gasteiger partial charge in [0.25, 0.3) is 0 Å². The molecule has 0 aromatic heterocycles. The van der Waals surface area contributed by atoms with Crippen molar-refractivity contribution in [3.8, 4) is 0 Å². The van der Waals surface area contributed by atoms with Crippen LogP contribution in [0.1, 0.15) is 38.5 Å². The number of fused-ring (bicyclic) bond motifs is 2. The Balaban J connectivity index is 0.967. The molecule has 6 fully saturated rings. The van der Waals surface area contributed by atoms with Crippen molar-refractivity contribution in [2.75, 3.05) is 6.61 Å². The first-order valence-electron chi connectivity index (χ1n) is 10.3. The first-order valence-corrected chi connectivity index (χ1v) is 10.3. The van der Waals surface area contributed by atoms with Gasteiger partial charge in [-0.15, -0.1) is 0 Å². The van der Waals surface area contributed by atoms with E-state index >= 15 is 0 Å². The lowest BCUT2D eigenvalue weighted by atomic mass is 9.88. The van der Waals surface area contributed by atoms with E-state index in [0.717, 1.165) is 25.7 Å². The van der Waals surface area contributed by atoms with Crippen molar-refractivity contribution < 1.29 is 33.3 Å². The molecule has 0 aromatic rings. The largest absolute Gasteiger partial charge is 0.459 e. The second-order valence-corrected chi connectivity index (χ2v) is 9.20. The molecule has 6 rings (SSSR count). The van der Waals surface area contributed by atoms with Gasteiger partial charge in [-0.1, -0.05) is 0 Å². The van der Waals surface area contributed by atoms with Crippen LogP contribution in [0.4, 0.5) is 0 Å². The van der Waals surface area contributed by atoms with Crippen molar-refractivity contribution in [2.24, 2.45) is 35.5 Å². The van der Waals surface area contributed by atoms with Gasteiger partial charge in [0.1, 0.15) is 18.3 Å². The third kappa shape index (κ3) is 2.27. The van der Waals surface area contributed by atoms with Gasteiger partial charge in [0.05, 0.1) is 17.9 Å².